The maximum absolute atomic E-state index is 12.1. The van der Waals surface area contributed by atoms with E-state index in [1.54, 1.807) is 6.92 Å². The number of hydrogen-bond donors (Lipinski definition) is 2. The second kappa shape index (κ2) is 49.0. The van der Waals surface area contributed by atoms with Crippen LogP contribution in [0, 0.1) is 6.92 Å². The molecule has 0 atom stereocenters. The molecular weight excluding hydrogens is 897 g/mol. The van der Waals surface area contributed by atoms with E-state index in [2.05, 4.69) is 25.7 Å². The molecule has 0 radical (unpaired) electrons. The first-order valence-corrected chi connectivity index (χ1v) is 23.5. The Morgan fingerprint density at radius 2 is 0.632 bits per heavy atom. The van der Waals surface area contributed by atoms with E-state index in [1.165, 1.54) is 0 Å². The van der Waals surface area contributed by atoms with E-state index >= 15 is 0 Å². The van der Waals surface area contributed by atoms with Gasteiger partial charge in [-0.1, -0.05) is 24.3 Å². The third kappa shape index (κ3) is 40.8. The Hall–Kier alpha value is -3.05. The Bertz CT molecular complexity index is 1360. The third-order valence-corrected chi connectivity index (χ3v) is 8.60. The maximum Gasteiger partial charge on any atom is 0.222 e. The Kier molecular flexibility index (Phi) is 44.0. The lowest BCUT2D eigenvalue weighted by atomic mass is 10.1. The maximum atomic E-state index is 12.1. The van der Waals surface area contributed by atoms with Crippen molar-refractivity contribution in [3.05, 3.63) is 35.7 Å². The number of benzene rings is 1. The summed E-state index contributed by atoms with van der Waals surface area (Å²) in [4.78, 5) is 12.1. The van der Waals surface area contributed by atoms with E-state index in [-0.39, 0.29) is 12.3 Å². The minimum Gasteiger partial charge on any atom is -0.379 e. The summed E-state index contributed by atoms with van der Waals surface area (Å²) in [7, 11) is 0. The average Bonchev–Trinajstić information content (AvgIpc) is 3.35. The molecule has 392 valence electrons. The number of aromatic nitrogens is 4. The molecule has 1 amide bonds. The second-order valence-corrected chi connectivity index (χ2v) is 14.1. The van der Waals surface area contributed by atoms with Gasteiger partial charge in [0.25, 0.3) is 0 Å². The largest absolute Gasteiger partial charge is 0.379 e. The zero-order valence-electron chi connectivity index (χ0n) is 40.4. The molecule has 0 unspecified atom stereocenters. The Morgan fingerprint density at radius 3 is 0.897 bits per heavy atom. The monoisotopic (exact) mass is 977 g/mol. The third-order valence-electron chi connectivity index (χ3n) is 8.60. The molecule has 0 bridgehead atoms. The van der Waals surface area contributed by atoms with Crippen LogP contribution in [0.4, 0.5) is 0 Å². The number of hydrogen-bond acceptors (Lipinski definition) is 22. The van der Waals surface area contributed by atoms with E-state index in [1.807, 2.05) is 24.3 Å². The predicted molar refractivity (Wildman–Crippen MR) is 246 cm³/mol. The quantitative estimate of drug-likeness (QED) is 0.0855. The first-order chi connectivity index (χ1) is 33.7. The summed E-state index contributed by atoms with van der Waals surface area (Å²) < 4.78 is 87.5. The minimum atomic E-state index is -0.0904. The highest BCUT2D eigenvalue weighted by molar-refractivity contribution is 5.76. The molecule has 0 aliphatic heterocycles. The van der Waals surface area contributed by atoms with Crippen molar-refractivity contribution in [1.29, 1.82) is 0 Å². The van der Waals surface area contributed by atoms with Gasteiger partial charge in [0, 0.05) is 25.1 Å². The second-order valence-electron chi connectivity index (χ2n) is 14.1. The zero-order chi connectivity index (χ0) is 48.3. The standard InChI is InChI=1S/C45H80N6O17/c1-41-48-50-45(51-49-41)43-4-2-42(3-5-43)40-47-44(52)6-8-53-10-12-55-14-16-57-18-20-59-22-24-61-26-28-63-30-32-65-34-36-67-38-39-68-37-35-66-33-31-64-29-27-62-25-23-60-21-19-58-17-15-56-13-11-54-9-7-46/h2-5H,6-40,46H2,1H3,(H,47,52). The molecule has 3 N–H and O–H groups in total. The van der Waals surface area contributed by atoms with Crippen LogP contribution in [0.2, 0.25) is 0 Å². The number of rotatable bonds is 53. The molecule has 68 heavy (non-hydrogen) atoms. The van der Waals surface area contributed by atoms with Crippen LogP contribution < -0.4 is 11.1 Å². The first-order valence-electron chi connectivity index (χ1n) is 23.5. The van der Waals surface area contributed by atoms with E-state index < -0.39 is 0 Å². The molecule has 1 aromatic carbocycles. The van der Waals surface area contributed by atoms with Crippen molar-refractivity contribution in [2.45, 2.75) is 19.9 Å². The molecule has 1 aromatic heterocycles. The Labute approximate surface area is 402 Å². The van der Waals surface area contributed by atoms with Crippen molar-refractivity contribution in [1.82, 2.24) is 25.7 Å². The molecule has 0 spiro atoms. The molecular formula is C45H80N6O17. The van der Waals surface area contributed by atoms with Gasteiger partial charge < -0.3 is 86.8 Å². The SMILES string of the molecule is Cc1nnc(-c2ccc(CNC(=O)CCOCCOCCOCCOCCOCCOCCOCCOCCOCCOCCOCCOCCOCCOCCOCCOCCN)cc2)nn1. The predicted octanol–water partition coefficient (Wildman–Crippen LogP) is 0.473. The smallest absolute Gasteiger partial charge is 0.222 e. The number of nitrogens with two attached hydrogens (primary N) is 1. The van der Waals surface area contributed by atoms with Gasteiger partial charge in [-0.3, -0.25) is 4.79 Å². The number of amides is 1. The van der Waals surface area contributed by atoms with Gasteiger partial charge in [-0.05, 0) is 12.5 Å². The molecule has 2 aromatic rings. The van der Waals surface area contributed by atoms with Crippen molar-refractivity contribution in [2.75, 3.05) is 218 Å². The molecule has 0 saturated carbocycles. The van der Waals surface area contributed by atoms with Crippen LogP contribution in [0.15, 0.2) is 24.3 Å². The van der Waals surface area contributed by atoms with Crippen molar-refractivity contribution in [3.63, 3.8) is 0 Å². The molecule has 23 nitrogen and oxygen atoms in total. The Morgan fingerprint density at radius 1 is 0.382 bits per heavy atom. The topological polar surface area (TPSA) is 254 Å². The van der Waals surface area contributed by atoms with Gasteiger partial charge in [0.1, 0.15) is 0 Å². The van der Waals surface area contributed by atoms with Crippen LogP contribution in [0.1, 0.15) is 17.8 Å². The zero-order valence-corrected chi connectivity index (χ0v) is 40.4. The molecule has 2 rings (SSSR count). The fraction of sp³-hybridized carbons (Fsp3) is 0.800. The fourth-order valence-corrected chi connectivity index (χ4v) is 5.10. The Balaban J connectivity index is 1.14. The van der Waals surface area contributed by atoms with Crippen molar-refractivity contribution < 1.29 is 80.6 Å². The summed E-state index contributed by atoms with van der Waals surface area (Å²) in [6.45, 7) is 18.1. The molecule has 0 aliphatic carbocycles. The van der Waals surface area contributed by atoms with Gasteiger partial charge in [-0.15, -0.1) is 20.4 Å². The van der Waals surface area contributed by atoms with E-state index in [9.17, 15) is 4.79 Å². The molecule has 1 heterocycles. The number of nitrogens with zero attached hydrogens (tertiary/aromatic N) is 4. The van der Waals surface area contributed by atoms with E-state index in [4.69, 9.17) is 81.5 Å². The van der Waals surface area contributed by atoms with Crippen molar-refractivity contribution in [2.24, 2.45) is 5.73 Å². The first kappa shape index (κ1) is 61.1. The van der Waals surface area contributed by atoms with Crippen molar-refractivity contribution in [3.8, 4) is 11.4 Å². The molecule has 23 heteroatoms. The summed E-state index contributed by atoms with van der Waals surface area (Å²) in [6, 6.07) is 7.55. The fourth-order valence-electron chi connectivity index (χ4n) is 5.10. The molecule has 0 saturated heterocycles. The van der Waals surface area contributed by atoms with Gasteiger partial charge in [0.2, 0.25) is 11.7 Å². The lowest BCUT2D eigenvalue weighted by Gasteiger charge is -2.09. The number of carbonyl (C=O) groups excluding carboxylic acids is 1. The number of ether oxygens (including phenoxy) is 16. The number of nitrogens with one attached hydrogen (secondary N) is 1. The molecule has 0 fully saturated rings. The summed E-state index contributed by atoms with van der Waals surface area (Å²) in [5.41, 5.74) is 7.10. The van der Waals surface area contributed by atoms with Gasteiger partial charge >= 0.3 is 0 Å². The normalized spacial score (nSPS) is 11.5. The van der Waals surface area contributed by atoms with Crippen LogP contribution in [-0.4, -0.2) is 244 Å². The highest BCUT2D eigenvalue weighted by Crippen LogP contribution is 2.14. The highest BCUT2D eigenvalue weighted by Gasteiger charge is 2.06. The minimum absolute atomic E-state index is 0.0904. The van der Waals surface area contributed by atoms with E-state index in [0.717, 1.165) is 11.1 Å². The van der Waals surface area contributed by atoms with Crippen LogP contribution in [0.25, 0.3) is 11.4 Å². The summed E-state index contributed by atoms with van der Waals surface area (Å²) >= 11 is 0. The summed E-state index contributed by atoms with van der Waals surface area (Å²) in [5.74, 6) is 0.878. The lowest BCUT2D eigenvalue weighted by Crippen LogP contribution is -2.24. The highest BCUT2D eigenvalue weighted by atomic mass is 16.6. The lowest BCUT2D eigenvalue weighted by molar-refractivity contribution is -0.122. The average molecular weight is 977 g/mol. The van der Waals surface area contributed by atoms with Crippen LogP contribution in [-0.2, 0) is 87.1 Å². The van der Waals surface area contributed by atoms with Gasteiger partial charge in [0.05, 0.1) is 211 Å². The molecule has 0 aliphatic rings. The van der Waals surface area contributed by atoms with Crippen LogP contribution in [0.5, 0.6) is 0 Å². The van der Waals surface area contributed by atoms with Crippen LogP contribution >= 0.6 is 0 Å². The van der Waals surface area contributed by atoms with Gasteiger partial charge in [-0.25, -0.2) is 0 Å². The van der Waals surface area contributed by atoms with E-state index in [0.29, 0.717) is 236 Å². The summed E-state index contributed by atoms with van der Waals surface area (Å²) in [6.07, 6.45) is 0.265. The van der Waals surface area contributed by atoms with Gasteiger partial charge in [-0.2, -0.15) is 0 Å². The number of aryl methyl sites for hydroxylation is 1. The summed E-state index contributed by atoms with van der Waals surface area (Å²) in [5, 5.41) is 18.8. The van der Waals surface area contributed by atoms with Crippen LogP contribution in [0.3, 0.4) is 0 Å². The number of carbonyl (C=O) groups is 1. The van der Waals surface area contributed by atoms with Gasteiger partial charge in [0.15, 0.2) is 5.82 Å². The van der Waals surface area contributed by atoms with Crippen molar-refractivity contribution >= 4 is 5.91 Å².